The molecule has 0 aliphatic heterocycles. The number of carbonyl (C=O) groups excluding carboxylic acids is 1. The van der Waals surface area contributed by atoms with Crippen molar-refractivity contribution in [3.8, 4) is 11.5 Å². The third-order valence-corrected chi connectivity index (χ3v) is 5.32. The summed E-state index contributed by atoms with van der Waals surface area (Å²) in [6.07, 6.45) is 0. The topological polar surface area (TPSA) is 98.3 Å². The first kappa shape index (κ1) is 19.4. The molecule has 5 rings (SSSR count). The van der Waals surface area contributed by atoms with E-state index in [0.29, 0.717) is 28.3 Å². The monoisotopic (exact) mass is 423 g/mol. The molecule has 0 spiro atoms. The van der Waals surface area contributed by atoms with Gasteiger partial charge in [-0.1, -0.05) is 42.5 Å². The highest BCUT2D eigenvalue weighted by Gasteiger charge is 2.16. The van der Waals surface area contributed by atoms with Crippen LogP contribution in [0.3, 0.4) is 0 Å². The smallest absolute Gasteiger partial charge is 0.273 e. The number of fused-ring (bicyclic) bond motifs is 3. The maximum Gasteiger partial charge on any atom is 0.273 e. The summed E-state index contributed by atoms with van der Waals surface area (Å²) in [6.45, 7) is 1.63. The molecule has 7 nitrogen and oxygen atoms in total. The van der Waals surface area contributed by atoms with E-state index < -0.39 is 10.8 Å². The van der Waals surface area contributed by atoms with E-state index in [-0.39, 0.29) is 11.3 Å². The van der Waals surface area contributed by atoms with E-state index in [1.807, 2.05) is 42.5 Å². The largest absolute Gasteiger partial charge is 0.436 e. The molecule has 156 valence electrons. The molecule has 7 heteroatoms. The Bertz CT molecular complexity index is 1520. The van der Waals surface area contributed by atoms with Crippen molar-refractivity contribution in [2.75, 3.05) is 5.32 Å². The number of oxazole rings is 1. The first-order chi connectivity index (χ1) is 15.5. The third kappa shape index (κ3) is 3.45. The molecule has 1 heterocycles. The van der Waals surface area contributed by atoms with E-state index in [1.165, 1.54) is 6.07 Å². The number of nitro benzene ring substituents is 1. The molecule has 0 unspecified atom stereocenters. The Kier molecular flexibility index (Phi) is 4.63. The molecule has 1 aromatic heterocycles. The number of hydrogen-bond acceptors (Lipinski definition) is 5. The first-order valence-electron chi connectivity index (χ1n) is 9.95. The van der Waals surface area contributed by atoms with Crippen molar-refractivity contribution < 1.29 is 14.1 Å². The normalized spacial score (nSPS) is 11.0. The van der Waals surface area contributed by atoms with E-state index in [4.69, 9.17) is 4.42 Å². The lowest BCUT2D eigenvalue weighted by molar-refractivity contribution is -0.385. The van der Waals surface area contributed by atoms with Crippen molar-refractivity contribution in [3.63, 3.8) is 0 Å². The van der Waals surface area contributed by atoms with Crippen molar-refractivity contribution in [1.29, 1.82) is 0 Å². The minimum Gasteiger partial charge on any atom is -0.436 e. The van der Waals surface area contributed by atoms with E-state index in [1.54, 1.807) is 37.3 Å². The Balaban J connectivity index is 1.46. The van der Waals surface area contributed by atoms with Gasteiger partial charge in [-0.05, 0) is 42.6 Å². The second-order valence-electron chi connectivity index (χ2n) is 7.45. The highest BCUT2D eigenvalue weighted by Crippen LogP contribution is 2.30. The Morgan fingerprint density at radius 1 is 1.00 bits per heavy atom. The molecule has 1 amide bonds. The number of nitrogens with zero attached hydrogens (tertiary/aromatic N) is 2. The second-order valence-corrected chi connectivity index (χ2v) is 7.45. The lowest BCUT2D eigenvalue weighted by Gasteiger charge is -2.07. The second kappa shape index (κ2) is 7.63. The number of carbonyl (C=O) groups is 1. The molecule has 1 N–H and O–H groups in total. The number of hydrogen-bond donors (Lipinski definition) is 1. The molecule has 0 saturated heterocycles. The van der Waals surface area contributed by atoms with Crippen molar-refractivity contribution in [1.82, 2.24) is 4.98 Å². The SMILES string of the molecule is Cc1ccc(C(=O)Nc2cccc(-c3nc4c(ccc5ccccc54)o3)c2)cc1[N+](=O)[O-]. The van der Waals surface area contributed by atoms with Gasteiger partial charge in [-0.15, -0.1) is 0 Å². The number of benzene rings is 4. The summed E-state index contributed by atoms with van der Waals surface area (Å²) >= 11 is 0. The number of anilines is 1. The fourth-order valence-corrected chi connectivity index (χ4v) is 3.67. The van der Waals surface area contributed by atoms with Gasteiger partial charge in [0, 0.05) is 33.8 Å². The van der Waals surface area contributed by atoms with Crippen LogP contribution in [0.15, 0.2) is 83.3 Å². The minimum absolute atomic E-state index is 0.0925. The fraction of sp³-hybridized carbons (Fsp3) is 0.0400. The summed E-state index contributed by atoms with van der Waals surface area (Å²) in [7, 11) is 0. The minimum atomic E-state index is -0.496. The van der Waals surface area contributed by atoms with Gasteiger partial charge in [0.25, 0.3) is 11.6 Å². The molecular weight excluding hydrogens is 406 g/mol. The van der Waals surface area contributed by atoms with Gasteiger partial charge in [0.2, 0.25) is 5.89 Å². The van der Waals surface area contributed by atoms with Gasteiger partial charge >= 0.3 is 0 Å². The molecule has 5 aromatic rings. The van der Waals surface area contributed by atoms with E-state index in [2.05, 4.69) is 10.3 Å². The van der Waals surface area contributed by atoms with Crippen molar-refractivity contribution in [3.05, 3.63) is 100 Å². The van der Waals surface area contributed by atoms with Gasteiger partial charge in [0.15, 0.2) is 5.58 Å². The van der Waals surface area contributed by atoms with Crippen LogP contribution in [0, 0.1) is 17.0 Å². The number of nitro groups is 1. The summed E-state index contributed by atoms with van der Waals surface area (Å²) in [6, 6.07) is 23.4. The molecule has 32 heavy (non-hydrogen) atoms. The molecule has 0 saturated carbocycles. The Morgan fingerprint density at radius 2 is 1.84 bits per heavy atom. The number of rotatable bonds is 4. The van der Waals surface area contributed by atoms with Gasteiger partial charge in [-0.25, -0.2) is 4.98 Å². The number of nitrogens with one attached hydrogen (secondary N) is 1. The standard InChI is InChI=1S/C25H17N3O4/c1-15-9-10-17(14-21(15)28(30)31)24(29)26-19-7-4-6-18(13-19)25-27-23-20-8-3-2-5-16(20)11-12-22(23)32-25/h2-14H,1H3,(H,26,29). The number of amides is 1. The van der Waals surface area contributed by atoms with Crippen LogP contribution in [0.1, 0.15) is 15.9 Å². The lowest BCUT2D eigenvalue weighted by atomic mass is 10.1. The Labute approximate surface area is 182 Å². The van der Waals surface area contributed by atoms with Crippen LogP contribution in [0.5, 0.6) is 0 Å². The predicted octanol–water partition coefficient (Wildman–Crippen LogP) is 6.12. The molecule has 0 bridgehead atoms. The Hall–Kier alpha value is -4.52. The van der Waals surface area contributed by atoms with Gasteiger partial charge in [0.1, 0.15) is 5.52 Å². The van der Waals surface area contributed by atoms with Crippen LogP contribution in [0.25, 0.3) is 33.3 Å². The van der Waals surface area contributed by atoms with Gasteiger partial charge < -0.3 is 9.73 Å². The third-order valence-electron chi connectivity index (χ3n) is 5.32. The molecule has 0 radical (unpaired) electrons. The number of aryl methyl sites for hydroxylation is 1. The Morgan fingerprint density at radius 3 is 2.69 bits per heavy atom. The molecule has 0 aliphatic carbocycles. The lowest BCUT2D eigenvalue weighted by Crippen LogP contribution is -2.12. The molecule has 0 fully saturated rings. The molecule has 4 aromatic carbocycles. The van der Waals surface area contributed by atoms with E-state index in [0.717, 1.165) is 16.3 Å². The summed E-state index contributed by atoms with van der Waals surface area (Å²) < 4.78 is 5.96. The zero-order chi connectivity index (χ0) is 22.2. The summed E-state index contributed by atoms with van der Waals surface area (Å²) in [4.78, 5) is 28.0. The van der Waals surface area contributed by atoms with Crippen LogP contribution >= 0.6 is 0 Å². The van der Waals surface area contributed by atoms with Crippen molar-refractivity contribution >= 4 is 39.2 Å². The van der Waals surface area contributed by atoms with Gasteiger partial charge in [-0.2, -0.15) is 0 Å². The highest BCUT2D eigenvalue weighted by atomic mass is 16.6. The van der Waals surface area contributed by atoms with Crippen molar-refractivity contribution in [2.24, 2.45) is 0 Å². The summed E-state index contributed by atoms with van der Waals surface area (Å²) in [5.74, 6) is 0.00670. The van der Waals surface area contributed by atoms with Crippen LogP contribution in [-0.2, 0) is 0 Å². The predicted molar refractivity (Wildman–Crippen MR) is 123 cm³/mol. The summed E-state index contributed by atoms with van der Waals surface area (Å²) in [5.41, 5.74) is 3.31. The van der Waals surface area contributed by atoms with Crippen LogP contribution in [-0.4, -0.2) is 15.8 Å². The van der Waals surface area contributed by atoms with Crippen LogP contribution < -0.4 is 5.32 Å². The quantitative estimate of drug-likeness (QED) is 0.277. The zero-order valence-corrected chi connectivity index (χ0v) is 17.0. The average Bonchev–Trinajstić information content (AvgIpc) is 3.24. The number of aromatic nitrogens is 1. The molecular formula is C25H17N3O4. The molecule has 0 atom stereocenters. The molecule has 0 aliphatic rings. The maximum absolute atomic E-state index is 12.7. The van der Waals surface area contributed by atoms with Gasteiger partial charge in [-0.3, -0.25) is 14.9 Å². The first-order valence-corrected chi connectivity index (χ1v) is 9.95. The fourth-order valence-electron chi connectivity index (χ4n) is 3.67. The van der Waals surface area contributed by atoms with E-state index >= 15 is 0 Å². The van der Waals surface area contributed by atoms with Crippen LogP contribution in [0.2, 0.25) is 0 Å². The zero-order valence-electron chi connectivity index (χ0n) is 17.0. The van der Waals surface area contributed by atoms with Gasteiger partial charge in [0.05, 0.1) is 4.92 Å². The van der Waals surface area contributed by atoms with E-state index in [9.17, 15) is 14.9 Å². The van der Waals surface area contributed by atoms with Crippen molar-refractivity contribution in [2.45, 2.75) is 6.92 Å². The van der Waals surface area contributed by atoms with Crippen LogP contribution in [0.4, 0.5) is 11.4 Å². The summed E-state index contributed by atoms with van der Waals surface area (Å²) in [5, 5.41) is 16.0. The average molecular weight is 423 g/mol. The highest BCUT2D eigenvalue weighted by molar-refractivity contribution is 6.05. The maximum atomic E-state index is 12.7.